The highest BCUT2D eigenvalue weighted by Gasteiger charge is 2.50. The highest BCUT2D eigenvalue weighted by molar-refractivity contribution is 5.78. The normalized spacial score (nSPS) is 31.1. The van der Waals surface area contributed by atoms with Gasteiger partial charge in [-0.15, -0.1) is 0 Å². The maximum absolute atomic E-state index is 11.5. The summed E-state index contributed by atoms with van der Waals surface area (Å²) in [6.45, 7) is 2.49. The van der Waals surface area contributed by atoms with E-state index in [0.29, 0.717) is 12.3 Å². The largest absolute Gasteiger partial charge is 0.311 e. The molecule has 1 saturated carbocycles. The molecule has 3 aliphatic rings. The zero-order valence-electron chi connectivity index (χ0n) is 7.58. The number of hydroxylamine groups is 2. The molecule has 3 rings (SSSR count). The fourth-order valence-electron chi connectivity index (χ4n) is 1.95. The van der Waals surface area contributed by atoms with Gasteiger partial charge in [-0.05, 0) is 18.8 Å². The highest BCUT2D eigenvalue weighted by atomic mass is 16.7. The lowest BCUT2D eigenvalue weighted by atomic mass is 9.94. The van der Waals surface area contributed by atoms with Crippen molar-refractivity contribution in [2.45, 2.75) is 24.9 Å². The molecule has 3 fully saturated rings. The zero-order valence-corrected chi connectivity index (χ0v) is 7.58. The van der Waals surface area contributed by atoms with E-state index in [2.05, 4.69) is 5.32 Å². The van der Waals surface area contributed by atoms with E-state index in [1.54, 1.807) is 5.06 Å². The predicted octanol–water partition coefficient (Wildman–Crippen LogP) is -0.0977. The van der Waals surface area contributed by atoms with E-state index in [1.807, 2.05) is 0 Å². The minimum Gasteiger partial charge on any atom is -0.311 e. The van der Waals surface area contributed by atoms with Gasteiger partial charge in [0.05, 0.1) is 13.0 Å². The van der Waals surface area contributed by atoms with Gasteiger partial charge in [0.25, 0.3) is 0 Å². The molecular formula is C9H14N2O2. The number of amides is 1. The molecule has 72 valence electrons. The SMILES string of the molecule is O=C1CC2(CNC2)ON1CC1CC1. The fraction of sp³-hybridized carbons (Fsp3) is 0.889. The standard InChI is InChI=1S/C9H14N2O2/c12-8-3-9(5-10-6-9)13-11(8)4-7-1-2-7/h7,10H,1-6H2. The Bertz CT molecular complexity index is 246. The van der Waals surface area contributed by atoms with Crippen molar-refractivity contribution in [3.8, 4) is 0 Å². The van der Waals surface area contributed by atoms with Gasteiger partial charge in [-0.3, -0.25) is 9.63 Å². The summed E-state index contributed by atoms with van der Waals surface area (Å²) in [6.07, 6.45) is 3.10. The molecule has 0 radical (unpaired) electrons. The first-order valence-electron chi connectivity index (χ1n) is 4.98. The van der Waals surface area contributed by atoms with Gasteiger partial charge >= 0.3 is 0 Å². The summed E-state index contributed by atoms with van der Waals surface area (Å²) in [6, 6.07) is 0. The van der Waals surface area contributed by atoms with Gasteiger partial charge in [0.1, 0.15) is 5.60 Å². The van der Waals surface area contributed by atoms with Crippen molar-refractivity contribution in [1.82, 2.24) is 10.4 Å². The Kier molecular flexibility index (Phi) is 1.46. The van der Waals surface area contributed by atoms with Gasteiger partial charge in [-0.25, -0.2) is 5.06 Å². The zero-order chi connectivity index (χ0) is 8.89. The Hall–Kier alpha value is -0.610. The van der Waals surface area contributed by atoms with Gasteiger partial charge in [0, 0.05) is 13.1 Å². The molecule has 0 aromatic rings. The Morgan fingerprint density at radius 1 is 1.54 bits per heavy atom. The molecule has 2 saturated heterocycles. The monoisotopic (exact) mass is 182 g/mol. The quantitative estimate of drug-likeness (QED) is 0.648. The molecule has 2 aliphatic heterocycles. The molecule has 0 aromatic heterocycles. The van der Waals surface area contributed by atoms with Gasteiger partial charge < -0.3 is 5.32 Å². The number of carbonyl (C=O) groups excluding carboxylic acids is 1. The molecular weight excluding hydrogens is 168 g/mol. The summed E-state index contributed by atoms with van der Waals surface area (Å²) in [5.41, 5.74) is -0.161. The lowest BCUT2D eigenvalue weighted by Crippen LogP contribution is -2.59. The van der Waals surface area contributed by atoms with Crippen LogP contribution in [-0.2, 0) is 9.63 Å². The summed E-state index contributed by atoms with van der Waals surface area (Å²) >= 11 is 0. The summed E-state index contributed by atoms with van der Waals surface area (Å²) in [7, 11) is 0. The van der Waals surface area contributed by atoms with E-state index in [0.717, 1.165) is 19.6 Å². The Balaban J connectivity index is 1.65. The first-order valence-corrected chi connectivity index (χ1v) is 4.98. The van der Waals surface area contributed by atoms with Crippen LogP contribution in [-0.4, -0.2) is 36.2 Å². The predicted molar refractivity (Wildman–Crippen MR) is 45.7 cm³/mol. The second-order valence-corrected chi connectivity index (χ2v) is 4.45. The summed E-state index contributed by atoms with van der Waals surface area (Å²) in [5, 5.41) is 4.75. The lowest BCUT2D eigenvalue weighted by molar-refractivity contribution is -0.212. The van der Waals surface area contributed by atoms with Crippen LogP contribution in [0.5, 0.6) is 0 Å². The molecule has 1 spiro atoms. The first kappa shape index (κ1) is 7.76. The molecule has 1 N–H and O–H groups in total. The van der Waals surface area contributed by atoms with Crippen LogP contribution in [0.15, 0.2) is 0 Å². The number of rotatable bonds is 2. The Morgan fingerprint density at radius 3 is 2.77 bits per heavy atom. The molecule has 1 aliphatic carbocycles. The third-order valence-electron chi connectivity index (χ3n) is 3.07. The average molecular weight is 182 g/mol. The van der Waals surface area contributed by atoms with Gasteiger partial charge in [0.2, 0.25) is 5.91 Å². The first-order chi connectivity index (χ1) is 6.27. The Morgan fingerprint density at radius 2 is 2.31 bits per heavy atom. The van der Waals surface area contributed by atoms with Crippen molar-refractivity contribution in [3.05, 3.63) is 0 Å². The van der Waals surface area contributed by atoms with Crippen molar-refractivity contribution >= 4 is 5.91 Å². The van der Waals surface area contributed by atoms with Crippen molar-refractivity contribution in [1.29, 1.82) is 0 Å². The fourth-order valence-corrected chi connectivity index (χ4v) is 1.95. The molecule has 4 heteroatoms. The van der Waals surface area contributed by atoms with E-state index in [-0.39, 0.29) is 11.5 Å². The van der Waals surface area contributed by atoms with Crippen LogP contribution >= 0.6 is 0 Å². The van der Waals surface area contributed by atoms with Crippen LogP contribution in [0, 0.1) is 5.92 Å². The molecule has 2 heterocycles. The van der Waals surface area contributed by atoms with Crippen molar-refractivity contribution in [2.75, 3.05) is 19.6 Å². The Labute approximate surface area is 77.2 Å². The van der Waals surface area contributed by atoms with Crippen molar-refractivity contribution in [2.24, 2.45) is 5.92 Å². The number of carbonyl (C=O) groups is 1. The van der Waals surface area contributed by atoms with E-state index in [1.165, 1.54) is 12.8 Å². The van der Waals surface area contributed by atoms with E-state index < -0.39 is 0 Å². The molecule has 0 unspecified atom stereocenters. The minimum absolute atomic E-state index is 0.161. The van der Waals surface area contributed by atoms with E-state index in [4.69, 9.17) is 4.84 Å². The number of hydrogen-bond acceptors (Lipinski definition) is 3. The number of nitrogens with zero attached hydrogens (tertiary/aromatic N) is 1. The van der Waals surface area contributed by atoms with Crippen molar-refractivity contribution < 1.29 is 9.63 Å². The molecule has 4 nitrogen and oxygen atoms in total. The van der Waals surface area contributed by atoms with Gasteiger partial charge in [0.15, 0.2) is 0 Å². The van der Waals surface area contributed by atoms with Gasteiger partial charge in [-0.1, -0.05) is 0 Å². The lowest BCUT2D eigenvalue weighted by Gasteiger charge is -2.36. The van der Waals surface area contributed by atoms with Crippen LogP contribution in [0.25, 0.3) is 0 Å². The van der Waals surface area contributed by atoms with Crippen LogP contribution in [0.2, 0.25) is 0 Å². The van der Waals surface area contributed by atoms with Crippen LogP contribution in [0.4, 0.5) is 0 Å². The second kappa shape index (κ2) is 2.45. The maximum Gasteiger partial charge on any atom is 0.249 e. The summed E-state index contributed by atoms with van der Waals surface area (Å²) < 4.78 is 0. The third kappa shape index (κ3) is 1.25. The molecule has 13 heavy (non-hydrogen) atoms. The van der Waals surface area contributed by atoms with Gasteiger partial charge in [-0.2, -0.15) is 0 Å². The van der Waals surface area contributed by atoms with Crippen LogP contribution < -0.4 is 5.32 Å². The van der Waals surface area contributed by atoms with Crippen LogP contribution in [0.1, 0.15) is 19.3 Å². The smallest absolute Gasteiger partial charge is 0.249 e. The molecule has 0 bridgehead atoms. The number of hydrogen-bond donors (Lipinski definition) is 1. The molecule has 0 atom stereocenters. The molecule has 1 amide bonds. The molecule has 0 aromatic carbocycles. The van der Waals surface area contributed by atoms with E-state index >= 15 is 0 Å². The highest BCUT2D eigenvalue weighted by Crippen LogP contribution is 2.35. The van der Waals surface area contributed by atoms with Crippen LogP contribution in [0.3, 0.4) is 0 Å². The summed E-state index contributed by atoms with van der Waals surface area (Å²) in [5.74, 6) is 0.889. The summed E-state index contributed by atoms with van der Waals surface area (Å²) in [4.78, 5) is 17.2. The van der Waals surface area contributed by atoms with E-state index in [9.17, 15) is 4.79 Å². The average Bonchev–Trinajstić information content (AvgIpc) is 2.76. The number of nitrogens with one attached hydrogen (secondary N) is 1. The van der Waals surface area contributed by atoms with Crippen molar-refractivity contribution in [3.63, 3.8) is 0 Å². The second-order valence-electron chi connectivity index (χ2n) is 4.45. The minimum atomic E-state index is -0.161. The third-order valence-corrected chi connectivity index (χ3v) is 3.07. The topological polar surface area (TPSA) is 41.6 Å². The maximum atomic E-state index is 11.5.